The molecule has 0 rings (SSSR count). The second-order valence-corrected chi connectivity index (χ2v) is 5.65. The number of hydrogen-bond acceptors (Lipinski definition) is 12. The highest BCUT2D eigenvalue weighted by molar-refractivity contribution is 5.90. The minimum Gasteiger partial charge on any atom is -0.480 e. The zero-order chi connectivity index (χ0) is 25.2. The van der Waals surface area contributed by atoms with Crippen molar-refractivity contribution in [1.82, 2.24) is 0 Å². The molecule has 0 saturated carbocycles. The van der Waals surface area contributed by atoms with E-state index in [1.165, 1.54) is 27.7 Å². The Morgan fingerprint density at radius 1 is 0.733 bits per heavy atom. The van der Waals surface area contributed by atoms with E-state index in [1.54, 1.807) is 0 Å². The maximum atomic E-state index is 10.6. The van der Waals surface area contributed by atoms with Crippen LogP contribution in [0.4, 0.5) is 0 Å². The Bertz CT molecular complexity index is 520. The number of hydrogen-bond donors (Lipinski definition) is 9. The number of aliphatic hydroxyl groups excluding tert-OH is 1. The van der Waals surface area contributed by atoms with Crippen LogP contribution < -0.4 is 28.7 Å². The van der Waals surface area contributed by atoms with Crippen LogP contribution in [0, 0.1) is 0 Å². The maximum absolute atomic E-state index is 10.6. The van der Waals surface area contributed by atoms with E-state index >= 15 is 0 Å². The van der Waals surface area contributed by atoms with Crippen molar-refractivity contribution in [2.45, 2.75) is 58.0 Å². The topological polar surface area (TPSA) is 306 Å². The van der Waals surface area contributed by atoms with Gasteiger partial charge in [-0.3, -0.25) is 14.4 Å². The Balaban J connectivity index is -0.000000158. The molecular formula is C15H33N5O10. The smallest absolute Gasteiger partial charge is 0.330 e. The summed E-state index contributed by atoms with van der Waals surface area (Å²) >= 11 is 0. The third-order valence-electron chi connectivity index (χ3n) is 2.31. The molecule has 178 valence electrons. The summed E-state index contributed by atoms with van der Waals surface area (Å²) in [5.74, 6) is -4.63. The van der Waals surface area contributed by atoms with E-state index in [-0.39, 0.29) is 6.54 Å². The van der Waals surface area contributed by atoms with Gasteiger partial charge in [0, 0.05) is 0 Å². The van der Waals surface area contributed by atoms with E-state index in [0.717, 1.165) is 0 Å². The van der Waals surface area contributed by atoms with Gasteiger partial charge in [-0.1, -0.05) is 0 Å². The number of esters is 2. The molecule has 0 radical (unpaired) electrons. The lowest BCUT2D eigenvalue weighted by molar-refractivity contribution is -0.161. The van der Waals surface area contributed by atoms with Crippen LogP contribution in [0.15, 0.2) is 0 Å². The highest BCUT2D eigenvalue weighted by Crippen LogP contribution is 1.88. The van der Waals surface area contributed by atoms with Crippen molar-refractivity contribution in [2.24, 2.45) is 28.7 Å². The summed E-state index contributed by atoms with van der Waals surface area (Å²) in [6, 6.07) is -3.48. The van der Waals surface area contributed by atoms with Crippen molar-refractivity contribution >= 4 is 29.8 Å². The van der Waals surface area contributed by atoms with Crippen LogP contribution in [-0.4, -0.2) is 87.1 Å². The van der Waals surface area contributed by atoms with Crippen LogP contribution in [-0.2, 0) is 28.7 Å². The first-order chi connectivity index (χ1) is 13.4. The number of carboxylic acids is 3. The molecule has 0 aromatic heterocycles. The highest BCUT2D eigenvalue weighted by Gasteiger charge is 2.17. The van der Waals surface area contributed by atoms with E-state index in [1.807, 2.05) is 0 Å². The second-order valence-electron chi connectivity index (χ2n) is 5.65. The molecule has 15 nitrogen and oxygen atoms in total. The fourth-order valence-electron chi connectivity index (χ4n) is 0.491. The van der Waals surface area contributed by atoms with Gasteiger partial charge in [-0.15, -0.1) is 0 Å². The number of carbonyl (C=O) groups excluding carboxylic acids is 2. The van der Waals surface area contributed by atoms with E-state index in [4.69, 9.17) is 43.4 Å². The molecule has 0 aliphatic rings. The van der Waals surface area contributed by atoms with Crippen LogP contribution in [0.5, 0.6) is 0 Å². The largest absolute Gasteiger partial charge is 0.480 e. The molecule has 0 amide bonds. The monoisotopic (exact) mass is 443 g/mol. The molecule has 0 aromatic rings. The number of nitrogens with two attached hydrogens (primary N) is 5. The molecule has 0 fully saturated rings. The zero-order valence-electron chi connectivity index (χ0n) is 17.2. The maximum Gasteiger partial charge on any atom is 0.330 e. The van der Waals surface area contributed by atoms with Gasteiger partial charge in [0.05, 0.1) is 12.6 Å². The minimum absolute atomic E-state index is 0.278. The van der Waals surface area contributed by atoms with Crippen molar-refractivity contribution in [3.8, 4) is 0 Å². The van der Waals surface area contributed by atoms with Crippen molar-refractivity contribution in [3.05, 3.63) is 0 Å². The van der Waals surface area contributed by atoms with Gasteiger partial charge in [-0.05, 0) is 27.7 Å². The normalized spacial score (nSPS) is 14.2. The third-order valence-corrected chi connectivity index (χ3v) is 2.31. The van der Waals surface area contributed by atoms with Gasteiger partial charge in [0.1, 0.15) is 24.2 Å². The highest BCUT2D eigenvalue weighted by atomic mass is 16.6. The van der Waals surface area contributed by atoms with E-state index in [0.29, 0.717) is 0 Å². The third kappa shape index (κ3) is 27.5. The van der Waals surface area contributed by atoms with Gasteiger partial charge in [0.15, 0.2) is 0 Å². The van der Waals surface area contributed by atoms with Gasteiger partial charge in [-0.25, -0.2) is 9.59 Å². The summed E-state index contributed by atoms with van der Waals surface area (Å²) < 4.78 is 4.25. The summed E-state index contributed by atoms with van der Waals surface area (Å²) in [6.07, 6.45) is -0.979. The Morgan fingerprint density at radius 3 is 1.07 bits per heavy atom. The Kier molecular flexibility index (Phi) is 22.8. The number of carbonyl (C=O) groups is 5. The number of aliphatic hydroxyl groups is 1. The van der Waals surface area contributed by atoms with Crippen molar-refractivity contribution < 1.29 is 49.1 Å². The fourth-order valence-corrected chi connectivity index (χ4v) is 0.491. The molecule has 0 bridgehead atoms. The summed E-state index contributed by atoms with van der Waals surface area (Å²) in [6.45, 7) is 5.33. The Labute approximate surface area is 173 Å². The molecule has 0 aliphatic carbocycles. The molecule has 0 saturated heterocycles. The summed E-state index contributed by atoms with van der Waals surface area (Å²) in [5.41, 5.74) is 24.6. The number of carboxylic acid groups (broad SMARTS) is 3. The number of ether oxygens (including phenoxy) is 1. The van der Waals surface area contributed by atoms with Crippen LogP contribution in [0.25, 0.3) is 0 Å². The first kappa shape index (κ1) is 34.8. The predicted molar refractivity (Wildman–Crippen MR) is 104 cm³/mol. The first-order valence-electron chi connectivity index (χ1n) is 8.25. The predicted octanol–water partition coefficient (Wildman–Crippen LogP) is -4.02. The number of rotatable bonds is 6. The molecule has 0 aromatic carbocycles. The van der Waals surface area contributed by atoms with Gasteiger partial charge in [0.2, 0.25) is 0 Å². The first-order valence-corrected chi connectivity index (χ1v) is 8.25. The van der Waals surface area contributed by atoms with Gasteiger partial charge in [0.25, 0.3) is 0 Å². The second kappa shape index (κ2) is 19.6. The zero-order valence-corrected chi connectivity index (χ0v) is 17.2. The summed E-state index contributed by atoms with van der Waals surface area (Å²) in [4.78, 5) is 49.9. The van der Waals surface area contributed by atoms with Crippen LogP contribution in [0.1, 0.15) is 27.7 Å². The van der Waals surface area contributed by atoms with Gasteiger partial charge < -0.3 is 53.8 Å². The molecule has 30 heavy (non-hydrogen) atoms. The average Bonchev–Trinajstić information content (AvgIpc) is 2.61. The van der Waals surface area contributed by atoms with Gasteiger partial charge >= 0.3 is 29.8 Å². The van der Waals surface area contributed by atoms with Crippen LogP contribution >= 0.6 is 0 Å². The van der Waals surface area contributed by atoms with Gasteiger partial charge in [-0.2, -0.15) is 0 Å². The van der Waals surface area contributed by atoms with Crippen LogP contribution in [0.2, 0.25) is 0 Å². The molecule has 14 N–H and O–H groups in total. The molecule has 15 heteroatoms. The van der Waals surface area contributed by atoms with Crippen molar-refractivity contribution in [2.75, 3.05) is 6.54 Å². The molecule has 0 heterocycles. The van der Waals surface area contributed by atoms with E-state index in [9.17, 15) is 24.0 Å². The lowest BCUT2D eigenvalue weighted by atomic mass is 10.2. The Hall–Kier alpha value is -2.69. The Morgan fingerprint density at radius 2 is 1.00 bits per heavy atom. The van der Waals surface area contributed by atoms with Crippen LogP contribution in [0.3, 0.4) is 0 Å². The molecular weight excluding hydrogens is 410 g/mol. The van der Waals surface area contributed by atoms with E-state index in [2.05, 4.69) is 10.5 Å². The lowest BCUT2D eigenvalue weighted by Crippen LogP contribution is -2.39. The molecule has 5 atom stereocenters. The summed E-state index contributed by atoms with van der Waals surface area (Å²) in [5, 5.41) is 32.0. The van der Waals surface area contributed by atoms with E-state index < -0.39 is 60.1 Å². The van der Waals surface area contributed by atoms with Crippen molar-refractivity contribution in [1.29, 1.82) is 0 Å². The SMILES string of the molecule is C[C@@H](O)[C@H](N)C(=O)O.C[C@H](N)C(=O)O.C[C@H](N)C(=O)OC(=O)[C@H](C)N.NCC(=O)O. The van der Waals surface area contributed by atoms with Crippen molar-refractivity contribution in [3.63, 3.8) is 0 Å². The lowest BCUT2D eigenvalue weighted by Gasteiger charge is -2.06. The molecule has 0 aliphatic heterocycles. The average molecular weight is 443 g/mol. The number of aliphatic carboxylic acids is 3. The standard InChI is InChI=1S/C6H12N2O3.C4H9NO3.C3H7NO2.C2H5NO2/c1-3(7)5(9)11-6(10)4(2)8;1-2(6)3(5)4(7)8;1-2(4)3(5)6;3-1-2(4)5/h3-4H,7-8H2,1-2H3;2-3,6H,5H2,1H3,(H,7,8);2H,4H2,1H3,(H,5,6);1,3H2,(H,4,5)/t3-,4-;2-,3+;2-;/m010./s1. The quantitative estimate of drug-likeness (QED) is 0.139. The fraction of sp³-hybridized carbons (Fsp3) is 0.667. The molecule has 0 spiro atoms. The summed E-state index contributed by atoms with van der Waals surface area (Å²) in [7, 11) is 0. The molecule has 0 unspecified atom stereocenters. The minimum atomic E-state index is -1.18.